The summed E-state index contributed by atoms with van der Waals surface area (Å²) in [6.07, 6.45) is 2.15. The van der Waals surface area contributed by atoms with Gasteiger partial charge in [-0.25, -0.2) is 4.98 Å². The van der Waals surface area contributed by atoms with Crippen LogP contribution in [0.5, 0.6) is 0 Å². The van der Waals surface area contributed by atoms with E-state index in [0.717, 1.165) is 29.9 Å². The number of hydrogen-bond donors (Lipinski definition) is 0. The average Bonchev–Trinajstić information content (AvgIpc) is 3.03. The zero-order chi connectivity index (χ0) is 28.5. The fourth-order valence-corrected chi connectivity index (χ4v) is 6.40. The molecule has 3 aliphatic rings. The van der Waals surface area contributed by atoms with E-state index in [1.165, 1.54) is 22.5 Å². The quantitative estimate of drug-likeness (QED) is 0.462. The molecule has 0 saturated carbocycles. The Balaban J connectivity index is 1.40. The summed E-state index contributed by atoms with van der Waals surface area (Å²) in [5.74, 6) is 1.65. The highest BCUT2D eigenvalue weighted by Gasteiger charge is 2.32. The van der Waals surface area contributed by atoms with Crippen LogP contribution < -0.4 is 14.7 Å². The van der Waals surface area contributed by atoms with Gasteiger partial charge in [-0.2, -0.15) is 5.26 Å². The van der Waals surface area contributed by atoms with Crippen molar-refractivity contribution in [1.29, 1.82) is 5.26 Å². The van der Waals surface area contributed by atoms with Crippen molar-refractivity contribution < 1.29 is 9.59 Å². The maximum Gasteiger partial charge on any atom is 0.246 e. The average molecular weight is 550 g/mol. The lowest BCUT2D eigenvalue weighted by atomic mass is 9.94. The number of benzene rings is 2. The summed E-state index contributed by atoms with van der Waals surface area (Å²) < 4.78 is 0. The Morgan fingerprint density at radius 2 is 1.49 bits per heavy atom. The predicted molar refractivity (Wildman–Crippen MR) is 161 cm³/mol. The van der Waals surface area contributed by atoms with Crippen LogP contribution in [0.3, 0.4) is 0 Å². The molecule has 1 aromatic heterocycles. The minimum absolute atomic E-state index is 0.0470. The monoisotopic (exact) mass is 549 g/mol. The first-order valence-electron chi connectivity index (χ1n) is 14.3. The number of piperazine rings is 2. The van der Waals surface area contributed by atoms with Crippen molar-refractivity contribution in [2.24, 2.45) is 0 Å². The molecule has 0 spiro atoms. The van der Waals surface area contributed by atoms with Gasteiger partial charge in [0.2, 0.25) is 11.8 Å². The number of amides is 2. The van der Waals surface area contributed by atoms with Gasteiger partial charge in [0.25, 0.3) is 0 Å². The highest BCUT2D eigenvalue weighted by atomic mass is 16.2. The van der Waals surface area contributed by atoms with Crippen LogP contribution in [0.4, 0.5) is 17.3 Å². The summed E-state index contributed by atoms with van der Waals surface area (Å²) in [4.78, 5) is 39.9. The number of hydrogen-bond acceptors (Lipinski definition) is 7. The van der Waals surface area contributed by atoms with Gasteiger partial charge in [-0.1, -0.05) is 43.0 Å². The minimum Gasteiger partial charge on any atom is -0.366 e. The zero-order valence-electron chi connectivity index (χ0n) is 23.6. The smallest absolute Gasteiger partial charge is 0.246 e. The second kappa shape index (κ2) is 11.1. The molecule has 0 atom stereocenters. The first kappa shape index (κ1) is 26.6. The van der Waals surface area contributed by atoms with Crippen LogP contribution in [0.2, 0.25) is 0 Å². The molecule has 3 aliphatic heterocycles. The van der Waals surface area contributed by atoms with Gasteiger partial charge >= 0.3 is 0 Å². The lowest BCUT2D eigenvalue weighted by Gasteiger charge is -2.41. The normalized spacial score (nSPS) is 17.3. The molecule has 0 N–H and O–H groups in total. The highest BCUT2D eigenvalue weighted by Crippen LogP contribution is 2.38. The van der Waals surface area contributed by atoms with Crippen molar-refractivity contribution in [3.8, 4) is 6.07 Å². The Morgan fingerprint density at radius 1 is 0.829 bits per heavy atom. The molecule has 9 nitrogen and oxygen atoms in total. The maximum atomic E-state index is 12.2. The molecule has 6 rings (SSSR count). The summed E-state index contributed by atoms with van der Waals surface area (Å²) in [7, 11) is 0. The van der Waals surface area contributed by atoms with Gasteiger partial charge in [-0.05, 0) is 29.5 Å². The van der Waals surface area contributed by atoms with E-state index >= 15 is 0 Å². The predicted octanol–water partition coefficient (Wildman–Crippen LogP) is 3.17. The van der Waals surface area contributed by atoms with E-state index < -0.39 is 0 Å². The van der Waals surface area contributed by atoms with Crippen LogP contribution in [0.25, 0.3) is 10.8 Å². The number of aromatic nitrogens is 1. The Kier molecular flexibility index (Phi) is 7.23. The zero-order valence-corrected chi connectivity index (χ0v) is 23.6. The third-order valence-corrected chi connectivity index (χ3v) is 8.66. The van der Waals surface area contributed by atoms with Crippen LogP contribution >= 0.6 is 0 Å². The van der Waals surface area contributed by atoms with E-state index in [1.54, 1.807) is 6.92 Å². The van der Waals surface area contributed by atoms with E-state index in [0.29, 0.717) is 70.3 Å². The Hall–Kier alpha value is -4.58. The van der Waals surface area contributed by atoms with Gasteiger partial charge in [0, 0.05) is 89.0 Å². The van der Waals surface area contributed by atoms with Gasteiger partial charge in [-0.15, -0.1) is 0 Å². The Bertz CT molecular complexity index is 1540. The molecule has 2 saturated heterocycles. The van der Waals surface area contributed by atoms with Crippen LogP contribution in [0, 0.1) is 11.3 Å². The standard InChI is InChI=1S/C32H35N7O2/c1-3-30(41)36-15-19-37(20-16-36)31-26-11-12-39(29-10-6-8-24-7-4-5-9-25(24)29)22-28(26)27(21-33)32(34-31)38-17-13-35(14-18-38)23(2)40/h3-10H,1,11-20,22H2,2H3. The Labute approximate surface area is 240 Å². The van der Waals surface area contributed by atoms with E-state index in [1.807, 2.05) is 9.80 Å². The molecule has 2 amide bonds. The van der Waals surface area contributed by atoms with Crippen molar-refractivity contribution in [3.05, 3.63) is 71.8 Å². The summed E-state index contributed by atoms with van der Waals surface area (Å²) in [5, 5.41) is 12.9. The number of anilines is 3. The van der Waals surface area contributed by atoms with Gasteiger partial charge in [-0.3, -0.25) is 9.59 Å². The van der Waals surface area contributed by atoms with Gasteiger partial charge in [0.15, 0.2) is 0 Å². The molecule has 210 valence electrons. The second-order valence-corrected chi connectivity index (χ2v) is 10.9. The van der Waals surface area contributed by atoms with Gasteiger partial charge in [0.1, 0.15) is 17.7 Å². The number of carbonyl (C=O) groups excluding carboxylic acids is 2. The number of nitrogens with zero attached hydrogens (tertiary/aromatic N) is 7. The highest BCUT2D eigenvalue weighted by molar-refractivity contribution is 5.94. The molecule has 4 heterocycles. The number of carbonyl (C=O) groups is 2. The first-order valence-corrected chi connectivity index (χ1v) is 14.3. The van der Waals surface area contributed by atoms with Crippen molar-refractivity contribution in [2.45, 2.75) is 19.9 Å². The van der Waals surface area contributed by atoms with Crippen LogP contribution in [0.1, 0.15) is 23.6 Å². The van der Waals surface area contributed by atoms with E-state index in [9.17, 15) is 14.9 Å². The number of fused-ring (bicyclic) bond motifs is 2. The van der Waals surface area contributed by atoms with Gasteiger partial charge in [0.05, 0.1) is 5.56 Å². The second-order valence-electron chi connectivity index (χ2n) is 10.9. The SMILES string of the molecule is C=CC(=O)N1CCN(c2nc(N3CCN(C(C)=O)CC3)c(C#N)c3c2CCN(c2cccc4ccccc24)C3)CC1. The molecular formula is C32H35N7O2. The van der Waals surface area contributed by atoms with Gasteiger partial charge < -0.3 is 24.5 Å². The summed E-state index contributed by atoms with van der Waals surface area (Å²) >= 11 is 0. The van der Waals surface area contributed by atoms with Crippen LogP contribution in [-0.2, 0) is 22.6 Å². The minimum atomic E-state index is -0.0470. The molecule has 2 fully saturated rings. The molecule has 41 heavy (non-hydrogen) atoms. The summed E-state index contributed by atoms with van der Waals surface area (Å²) in [6.45, 7) is 11.7. The van der Waals surface area contributed by atoms with E-state index in [-0.39, 0.29) is 11.8 Å². The van der Waals surface area contributed by atoms with Crippen LogP contribution in [-0.4, -0.2) is 85.5 Å². The molecule has 0 radical (unpaired) electrons. The topological polar surface area (TPSA) is 87.0 Å². The lowest BCUT2D eigenvalue weighted by Crippen LogP contribution is -2.50. The molecular weight excluding hydrogens is 514 g/mol. The van der Waals surface area contributed by atoms with Crippen molar-refractivity contribution in [3.63, 3.8) is 0 Å². The molecule has 0 aliphatic carbocycles. The van der Waals surface area contributed by atoms with Crippen molar-refractivity contribution in [2.75, 3.05) is 73.6 Å². The van der Waals surface area contributed by atoms with E-state index in [4.69, 9.17) is 4.98 Å². The summed E-state index contributed by atoms with van der Waals surface area (Å²) in [6, 6.07) is 17.4. The first-order chi connectivity index (χ1) is 20.0. The number of pyridine rings is 1. The third kappa shape index (κ3) is 4.95. The number of rotatable bonds is 4. The van der Waals surface area contributed by atoms with Crippen molar-refractivity contribution in [1.82, 2.24) is 14.8 Å². The molecule has 2 aromatic carbocycles. The molecule has 0 bridgehead atoms. The number of nitriles is 1. The summed E-state index contributed by atoms with van der Waals surface area (Å²) in [5.41, 5.74) is 3.97. The van der Waals surface area contributed by atoms with Crippen LogP contribution in [0.15, 0.2) is 55.1 Å². The Morgan fingerprint density at radius 3 is 2.17 bits per heavy atom. The van der Waals surface area contributed by atoms with Crippen molar-refractivity contribution >= 4 is 39.9 Å². The van der Waals surface area contributed by atoms with E-state index in [2.05, 4.69) is 69.8 Å². The largest absolute Gasteiger partial charge is 0.366 e. The molecule has 9 heteroatoms. The fraction of sp³-hybridized carbons (Fsp3) is 0.375. The molecule has 3 aromatic rings. The fourth-order valence-electron chi connectivity index (χ4n) is 6.40. The molecule has 0 unspecified atom stereocenters. The lowest BCUT2D eigenvalue weighted by molar-refractivity contribution is -0.129. The maximum absolute atomic E-state index is 12.2. The third-order valence-electron chi connectivity index (χ3n) is 8.66.